The van der Waals surface area contributed by atoms with Gasteiger partial charge in [-0.05, 0) is 33.1 Å². The number of amides is 1. The van der Waals surface area contributed by atoms with E-state index in [0.717, 1.165) is 0 Å². The average molecular weight is 233 g/mol. The average Bonchev–Trinajstić information content (AvgIpc) is 1.97. The number of alkyl carbamates (subject to hydrolysis) is 1. The lowest BCUT2D eigenvalue weighted by molar-refractivity contribution is -0.0721. The third-order valence-electron chi connectivity index (χ3n) is 1.79. The fourth-order valence-electron chi connectivity index (χ4n) is 1.22. The molecule has 0 aromatic rings. The predicted molar refractivity (Wildman–Crippen MR) is 60.8 cm³/mol. The highest BCUT2D eigenvalue weighted by atomic mass is 16.6. The van der Waals surface area contributed by atoms with Gasteiger partial charge in [0.15, 0.2) is 6.29 Å². The Morgan fingerprint density at radius 2 is 1.81 bits per heavy atom. The van der Waals surface area contributed by atoms with Crippen molar-refractivity contribution < 1.29 is 19.7 Å². The summed E-state index contributed by atoms with van der Waals surface area (Å²) in [7, 11) is 0. The Morgan fingerprint density at radius 1 is 1.31 bits per heavy atom. The molecule has 0 spiro atoms. The van der Waals surface area contributed by atoms with Crippen molar-refractivity contribution in [2.24, 2.45) is 5.92 Å². The molecule has 0 aromatic carbocycles. The van der Waals surface area contributed by atoms with E-state index in [9.17, 15) is 4.79 Å². The summed E-state index contributed by atoms with van der Waals surface area (Å²) in [6.45, 7) is 9.12. The monoisotopic (exact) mass is 233 g/mol. The Kier molecular flexibility index (Phi) is 5.75. The number of nitrogens with one attached hydrogen (secondary N) is 1. The van der Waals surface area contributed by atoms with Crippen LogP contribution in [0.15, 0.2) is 0 Å². The molecule has 1 amide bonds. The van der Waals surface area contributed by atoms with E-state index in [1.54, 1.807) is 20.8 Å². The molecule has 0 aliphatic rings. The van der Waals surface area contributed by atoms with Crippen molar-refractivity contribution in [3.8, 4) is 0 Å². The number of ether oxygens (including phenoxy) is 1. The zero-order valence-electron chi connectivity index (χ0n) is 10.7. The van der Waals surface area contributed by atoms with Crippen LogP contribution in [0.1, 0.15) is 41.0 Å². The number of aliphatic hydroxyl groups is 2. The lowest BCUT2D eigenvalue weighted by atomic mass is 10.0. The van der Waals surface area contributed by atoms with E-state index in [-0.39, 0.29) is 5.92 Å². The zero-order chi connectivity index (χ0) is 12.9. The second-order valence-electron chi connectivity index (χ2n) is 5.30. The predicted octanol–water partition coefficient (Wildman–Crippen LogP) is 1.24. The minimum atomic E-state index is -1.57. The molecule has 0 unspecified atom stereocenters. The van der Waals surface area contributed by atoms with E-state index in [1.165, 1.54) is 0 Å². The Labute approximate surface area is 96.8 Å². The molecule has 0 aliphatic heterocycles. The molecule has 0 aliphatic carbocycles. The molecule has 0 fully saturated rings. The lowest BCUT2D eigenvalue weighted by Gasteiger charge is -2.25. The summed E-state index contributed by atoms with van der Waals surface area (Å²) in [4.78, 5) is 11.4. The highest BCUT2D eigenvalue weighted by molar-refractivity contribution is 5.68. The first-order valence-corrected chi connectivity index (χ1v) is 5.47. The van der Waals surface area contributed by atoms with Gasteiger partial charge in [-0.3, -0.25) is 0 Å². The fourth-order valence-corrected chi connectivity index (χ4v) is 1.22. The molecular formula is C11H23NO4. The second-order valence-corrected chi connectivity index (χ2v) is 5.30. The Bertz CT molecular complexity index is 221. The summed E-state index contributed by atoms with van der Waals surface area (Å²) in [6, 6.07) is -0.699. The molecular weight excluding hydrogens is 210 g/mol. The van der Waals surface area contributed by atoms with Crippen LogP contribution in [0.4, 0.5) is 4.79 Å². The van der Waals surface area contributed by atoms with Crippen LogP contribution in [0.5, 0.6) is 0 Å². The van der Waals surface area contributed by atoms with Gasteiger partial charge in [0.2, 0.25) is 0 Å². The van der Waals surface area contributed by atoms with Crippen molar-refractivity contribution in [3.63, 3.8) is 0 Å². The molecule has 5 heteroatoms. The van der Waals surface area contributed by atoms with Gasteiger partial charge in [0, 0.05) is 0 Å². The van der Waals surface area contributed by atoms with E-state index < -0.39 is 24.0 Å². The zero-order valence-corrected chi connectivity index (χ0v) is 10.7. The largest absolute Gasteiger partial charge is 0.444 e. The first-order valence-electron chi connectivity index (χ1n) is 5.47. The third kappa shape index (κ3) is 7.48. The standard InChI is InChI=1S/C11H23NO4/c1-7(2)6-8(9(13)14)12-10(15)16-11(3,4)5/h7-9,13-14H,6H2,1-5H3,(H,12,15)/t8-/m0/s1. The Balaban J connectivity index is 4.24. The number of carbonyl (C=O) groups excluding carboxylic acids is 1. The number of carbonyl (C=O) groups is 1. The molecule has 0 rings (SSSR count). The second kappa shape index (κ2) is 6.06. The summed E-state index contributed by atoms with van der Waals surface area (Å²) >= 11 is 0. The first kappa shape index (κ1) is 15.2. The van der Waals surface area contributed by atoms with E-state index in [0.29, 0.717) is 6.42 Å². The molecule has 5 nitrogen and oxygen atoms in total. The van der Waals surface area contributed by atoms with Gasteiger partial charge in [-0.1, -0.05) is 13.8 Å². The molecule has 0 radical (unpaired) electrons. The van der Waals surface area contributed by atoms with Gasteiger partial charge in [0.1, 0.15) is 5.60 Å². The molecule has 1 atom stereocenters. The van der Waals surface area contributed by atoms with Crippen molar-refractivity contribution in [1.29, 1.82) is 0 Å². The normalized spacial score (nSPS) is 14.1. The van der Waals surface area contributed by atoms with Crippen LogP contribution < -0.4 is 5.32 Å². The van der Waals surface area contributed by atoms with E-state index in [4.69, 9.17) is 14.9 Å². The van der Waals surface area contributed by atoms with Gasteiger partial charge in [0.25, 0.3) is 0 Å². The maximum atomic E-state index is 11.4. The molecule has 3 N–H and O–H groups in total. The molecule has 16 heavy (non-hydrogen) atoms. The molecule has 0 saturated carbocycles. The van der Waals surface area contributed by atoms with Gasteiger partial charge >= 0.3 is 6.09 Å². The van der Waals surface area contributed by atoms with Gasteiger partial charge in [-0.25, -0.2) is 4.79 Å². The highest BCUT2D eigenvalue weighted by Gasteiger charge is 2.23. The minimum absolute atomic E-state index is 0.252. The number of aliphatic hydroxyl groups excluding tert-OH is 1. The lowest BCUT2D eigenvalue weighted by Crippen LogP contribution is -2.46. The number of hydrogen-bond acceptors (Lipinski definition) is 4. The van der Waals surface area contributed by atoms with Crippen LogP contribution in [0.25, 0.3) is 0 Å². The van der Waals surface area contributed by atoms with Crippen molar-refractivity contribution in [2.75, 3.05) is 0 Å². The maximum absolute atomic E-state index is 11.4. The quantitative estimate of drug-likeness (QED) is 0.638. The van der Waals surface area contributed by atoms with Gasteiger partial charge in [-0.2, -0.15) is 0 Å². The Hall–Kier alpha value is -0.810. The van der Waals surface area contributed by atoms with Crippen LogP contribution in [-0.2, 0) is 4.74 Å². The van der Waals surface area contributed by atoms with Crippen LogP contribution in [-0.4, -0.2) is 34.2 Å². The fraction of sp³-hybridized carbons (Fsp3) is 0.909. The summed E-state index contributed by atoms with van der Waals surface area (Å²) in [5, 5.41) is 20.6. The van der Waals surface area contributed by atoms with Crippen LogP contribution in [0.2, 0.25) is 0 Å². The molecule has 0 bridgehead atoms. The first-order chi connectivity index (χ1) is 7.11. The maximum Gasteiger partial charge on any atom is 0.408 e. The highest BCUT2D eigenvalue weighted by Crippen LogP contribution is 2.10. The van der Waals surface area contributed by atoms with E-state index >= 15 is 0 Å². The Morgan fingerprint density at radius 3 is 2.12 bits per heavy atom. The van der Waals surface area contributed by atoms with Gasteiger partial charge < -0.3 is 20.3 Å². The van der Waals surface area contributed by atoms with Crippen LogP contribution >= 0.6 is 0 Å². The third-order valence-corrected chi connectivity index (χ3v) is 1.79. The topological polar surface area (TPSA) is 78.8 Å². The van der Waals surface area contributed by atoms with Crippen molar-refractivity contribution in [1.82, 2.24) is 5.32 Å². The summed E-state index contributed by atoms with van der Waals surface area (Å²) in [5.74, 6) is 0.252. The molecule has 96 valence electrons. The summed E-state index contributed by atoms with van der Waals surface area (Å²) in [6.07, 6.45) is -1.72. The van der Waals surface area contributed by atoms with Crippen molar-refractivity contribution in [3.05, 3.63) is 0 Å². The van der Waals surface area contributed by atoms with Crippen LogP contribution in [0, 0.1) is 5.92 Å². The summed E-state index contributed by atoms with van der Waals surface area (Å²) < 4.78 is 5.03. The van der Waals surface area contributed by atoms with E-state index in [2.05, 4.69) is 5.32 Å². The summed E-state index contributed by atoms with van der Waals surface area (Å²) in [5.41, 5.74) is -0.590. The number of rotatable bonds is 4. The SMILES string of the molecule is CC(C)C[C@H](NC(=O)OC(C)(C)C)C(O)O. The number of hydrogen-bond donors (Lipinski definition) is 3. The molecule has 0 heterocycles. The molecule has 0 saturated heterocycles. The van der Waals surface area contributed by atoms with Gasteiger partial charge in [0.05, 0.1) is 6.04 Å². The van der Waals surface area contributed by atoms with Crippen molar-refractivity contribution in [2.45, 2.75) is 59.0 Å². The molecule has 0 aromatic heterocycles. The van der Waals surface area contributed by atoms with Crippen molar-refractivity contribution >= 4 is 6.09 Å². The van der Waals surface area contributed by atoms with E-state index in [1.807, 2.05) is 13.8 Å². The smallest absolute Gasteiger partial charge is 0.408 e. The van der Waals surface area contributed by atoms with Crippen LogP contribution in [0.3, 0.4) is 0 Å². The minimum Gasteiger partial charge on any atom is -0.444 e. The van der Waals surface area contributed by atoms with Gasteiger partial charge in [-0.15, -0.1) is 0 Å².